The van der Waals surface area contributed by atoms with Crippen LogP contribution in [0.1, 0.15) is 50.1 Å². The fourth-order valence-electron chi connectivity index (χ4n) is 8.64. The fourth-order valence-corrected chi connectivity index (χ4v) is 8.64. The average molecular weight is 534 g/mol. The zero-order valence-electron chi connectivity index (χ0n) is 24.6. The van der Waals surface area contributed by atoms with Crippen LogP contribution in [0.3, 0.4) is 0 Å². The molecule has 4 fully saturated rings. The SMILES string of the molecule is Cc1cc(C)cc(CC23CN4CC(Cc5cc(C)cc(C)c5)(C2=O)C(=O)C(Cc2cc(C)cc(C)c2)(C4)C3=O)c1. The van der Waals surface area contributed by atoms with Crippen LogP contribution in [0.4, 0.5) is 0 Å². The van der Waals surface area contributed by atoms with Gasteiger partial charge < -0.3 is 0 Å². The standard InChI is InChI=1S/C36H39NO3/c1-22-7-23(2)11-28(10-22)16-34-19-37-20-35(31(34)38,17-29-12-24(3)8-25(4)13-29)33(40)36(21-37,32(34)39)18-30-14-26(5)9-27(6)15-30/h7-15H,16-21H2,1-6H3. The number of hydrogen-bond acceptors (Lipinski definition) is 4. The Kier molecular flexibility index (Phi) is 6.09. The van der Waals surface area contributed by atoms with Gasteiger partial charge in [0.05, 0.1) is 0 Å². The van der Waals surface area contributed by atoms with Crippen LogP contribution >= 0.6 is 0 Å². The molecule has 3 heterocycles. The number of aryl methyl sites for hydroxylation is 6. The number of piperidine rings is 3. The first-order valence-electron chi connectivity index (χ1n) is 14.4. The van der Waals surface area contributed by atoms with E-state index in [1.165, 1.54) is 0 Å². The summed E-state index contributed by atoms with van der Waals surface area (Å²) in [7, 11) is 0. The molecule has 7 rings (SSSR count). The number of hydrogen-bond donors (Lipinski definition) is 0. The van der Waals surface area contributed by atoms with E-state index in [4.69, 9.17) is 0 Å². The van der Waals surface area contributed by atoms with Gasteiger partial charge >= 0.3 is 0 Å². The monoisotopic (exact) mass is 533 g/mol. The Morgan fingerprint density at radius 2 is 0.675 bits per heavy atom. The molecule has 3 saturated heterocycles. The minimum Gasteiger partial charge on any atom is -0.299 e. The molecule has 3 aromatic rings. The highest BCUT2D eigenvalue weighted by atomic mass is 16.2. The van der Waals surface area contributed by atoms with Crippen molar-refractivity contribution in [1.82, 2.24) is 4.90 Å². The second-order valence-corrected chi connectivity index (χ2v) is 13.4. The summed E-state index contributed by atoms with van der Waals surface area (Å²) in [5.41, 5.74) is 6.03. The van der Waals surface area contributed by atoms with E-state index in [1.54, 1.807) is 0 Å². The highest BCUT2D eigenvalue weighted by Gasteiger charge is 2.77. The number of Topliss-reactive ketones (excluding diaryl/α,β-unsaturated/α-hetero) is 3. The number of rotatable bonds is 6. The van der Waals surface area contributed by atoms with Crippen molar-refractivity contribution in [1.29, 1.82) is 0 Å². The molecule has 0 radical (unpaired) electrons. The lowest BCUT2D eigenvalue weighted by Crippen LogP contribution is -2.82. The number of carbonyl (C=O) groups excluding carboxylic acids is 3. The number of benzene rings is 3. The Morgan fingerprint density at radius 3 is 0.900 bits per heavy atom. The summed E-state index contributed by atoms with van der Waals surface area (Å²) >= 11 is 0. The molecule has 4 bridgehead atoms. The zero-order chi connectivity index (χ0) is 28.6. The smallest absolute Gasteiger partial charge is 0.163 e. The Bertz CT molecular complexity index is 1330. The maximum atomic E-state index is 14.8. The lowest BCUT2D eigenvalue weighted by molar-refractivity contribution is -0.192. The van der Waals surface area contributed by atoms with Gasteiger partial charge in [-0.1, -0.05) is 88.0 Å². The van der Waals surface area contributed by atoms with Crippen molar-refractivity contribution in [3.63, 3.8) is 0 Å². The predicted octanol–water partition coefficient (Wildman–Crippen LogP) is 5.57. The molecule has 0 atom stereocenters. The Balaban J connectivity index is 1.53. The molecule has 1 aliphatic carbocycles. The third-order valence-corrected chi connectivity index (χ3v) is 9.45. The van der Waals surface area contributed by atoms with Gasteiger partial charge in [-0.3, -0.25) is 19.3 Å². The molecule has 0 unspecified atom stereocenters. The molecule has 206 valence electrons. The van der Waals surface area contributed by atoms with Crippen LogP contribution in [-0.2, 0) is 33.6 Å². The molecule has 3 aliphatic heterocycles. The van der Waals surface area contributed by atoms with Crippen molar-refractivity contribution in [2.24, 2.45) is 16.2 Å². The topological polar surface area (TPSA) is 54.5 Å². The summed E-state index contributed by atoms with van der Waals surface area (Å²) in [6.07, 6.45) is 1.04. The van der Waals surface area contributed by atoms with Crippen molar-refractivity contribution in [2.75, 3.05) is 19.6 Å². The molecule has 4 heteroatoms. The van der Waals surface area contributed by atoms with Crippen LogP contribution < -0.4 is 0 Å². The van der Waals surface area contributed by atoms with Crippen molar-refractivity contribution in [2.45, 2.75) is 60.8 Å². The van der Waals surface area contributed by atoms with E-state index in [0.29, 0.717) is 38.9 Å². The molecule has 40 heavy (non-hydrogen) atoms. The van der Waals surface area contributed by atoms with Gasteiger partial charge in [-0.15, -0.1) is 0 Å². The lowest BCUT2D eigenvalue weighted by atomic mass is 9.42. The van der Waals surface area contributed by atoms with Crippen LogP contribution in [0.2, 0.25) is 0 Å². The van der Waals surface area contributed by atoms with E-state index in [9.17, 15) is 14.4 Å². The first-order valence-corrected chi connectivity index (χ1v) is 14.4. The zero-order valence-corrected chi connectivity index (χ0v) is 24.6. The van der Waals surface area contributed by atoms with Crippen molar-refractivity contribution >= 4 is 17.3 Å². The maximum Gasteiger partial charge on any atom is 0.163 e. The third kappa shape index (κ3) is 4.03. The van der Waals surface area contributed by atoms with Crippen LogP contribution in [0, 0.1) is 57.8 Å². The van der Waals surface area contributed by atoms with Crippen LogP contribution in [-0.4, -0.2) is 41.9 Å². The van der Waals surface area contributed by atoms with E-state index >= 15 is 0 Å². The Labute approximate surface area is 237 Å². The molecule has 0 spiro atoms. The second kappa shape index (κ2) is 9.07. The summed E-state index contributed by atoms with van der Waals surface area (Å²) in [5.74, 6) is -0.457. The predicted molar refractivity (Wildman–Crippen MR) is 158 cm³/mol. The van der Waals surface area contributed by atoms with Gasteiger partial charge in [0, 0.05) is 19.6 Å². The summed E-state index contributed by atoms with van der Waals surface area (Å²) in [4.78, 5) is 46.7. The average Bonchev–Trinajstić information content (AvgIpc) is 2.82. The van der Waals surface area contributed by atoms with Gasteiger partial charge in [-0.2, -0.15) is 0 Å². The minimum atomic E-state index is -1.22. The summed E-state index contributed by atoms with van der Waals surface area (Å²) in [6, 6.07) is 18.9. The highest BCUT2D eigenvalue weighted by molar-refractivity contribution is 6.33. The maximum absolute atomic E-state index is 14.8. The largest absolute Gasteiger partial charge is 0.299 e. The molecular weight excluding hydrogens is 494 g/mol. The molecule has 0 amide bonds. The fraction of sp³-hybridized carbons (Fsp3) is 0.417. The molecule has 0 N–H and O–H groups in total. The van der Waals surface area contributed by atoms with Crippen LogP contribution in [0.5, 0.6) is 0 Å². The van der Waals surface area contributed by atoms with Gasteiger partial charge in [0.2, 0.25) is 0 Å². The molecule has 4 aliphatic rings. The van der Waals surface area contributed by atoms with Crippen molar-refractivity contribution in [3.8, 4) is 0 Å². The Hall–Kier alpha value is -3.37. The highest BCUT2D eigenvalue weighted by Crippen LogP contribution is 2.58. The van der Waals surface area contributed by atoms with Gasteiger partial charge in [-0.05, 0) is 77.5 Å². The van der Waals surface area contributed by atoms with Crippen LogP contribution in [0.25, 0.3) is 0 Å². The molecule has 1 saturated carbocycles. The van der Waals surface area contributed by atoms with Gasteiger partial charge in [0.1, 0.15) is 16.2 Å². The molecular formula is C36H39NO3. The first kappa shape index (κ1) is 26.8. The Morgan fingerprint density at radius 1 is 0.450 bits per heavy atom. The summed E-state index contributed by atoms with van der Waals surface area (Å²) < 4.78 is 0. The quantitative estimate of drug-likeness (QED) is 0.389. The normalized spacial score (nSPS) is 28.9. The number of ketones is 3. The second-order valence-electron chi connectivity index (χ2n) is 13.4. The molecule has 3 aromatic carbocycles. The number of nitrogens with zero attached hydrogens (tertiary/aromatic N) is 1. The lowest BCUT2D eigenvalue weighted by Gasteiger charge is -2.64. The minimum absolute atomic E-state index is 0.152. The summed E-state index contributed by atoms with van der Waals surface area (Å²) in [5, 5.41) is 0. The van der Waals surface area contributed by atoms with E-state index in [1.807, 2.05) is 0 Å². The van der Waals surface area contributed by atoms with E-state index in [-0.39, 0.29) is 17.3 Å². The van der Waals surface area contributed by atoms with Crippen molar-refractivity contribution < 1.29 is 14.4 Å². The third-order valence-electron chi connectivity index (χ3n) is 9.45. The number of carbonyl (C=O) groups is 3. The van der Waals surface area contributed by atoms with E-state index < -0.39 is 16.2 Å². The molecule has 0 aromatic heterocycles. The first-order chi connectivity index (χ1) is 18.8. The van der Waals surface area contributed by atoms with Crippen molar-refractivity contribution in [3.05, 3.63) is 105 Å². The molecule has 4 nitrogen and oxygen atoms in total. The van der Waals surface area contributed by atoms with Gasteiger partial charge in [-0.25, -0.2) is 0 Å². The van der Waals surface area contributed by atoms with E-state index in [2.05, 4.69) is 101 Å². The van der Waals surface area contributed by atoms with Gasteiger partial charge in [0.25, 0.3) is 0 Å². The van der Waals surface area contributed by atoms with E-state index in [0.717, 1.165) is 50.1 Å². The summed E-state index contributed by atoms with van der Waals surface area (Å²) in [6.45, 7) is 13.5. The van der Waals surface area contributed by atoms with Crippen LogP contribution in [0.15, 0.2) is 54.6 Å². The van der Waals surface area contributed by atoms with Gasteiger partial charge in [0.15, 0.2) is 17.3 Å².